The van der Waals surface area contributed by atoms with Crippen LogP contribution in [-0.2, 0) is 16.0 Å². The van der Waals surface area contributed by atoms with Crippen LogP contribution in [-0.4, -0.2) is 11.6 Å². The second-order valence-electron chi connectivity index (χ2n) is 3.96. The molecule has 0 N–H and O–H groups in total. The summed E-state index contributed by atoms with van der Waals surface area (Å²) in [5, 5.41) is 0. The minimum absolute atomic E-state index is 0.410. The van der Waals surface area contributed by atoms with Crippen molar-refractivity contribution in [2.45, 2.75) is 25.4 Å². The van der Waals surface area contributed by atoms with Gasteiger partial charge in [-0.15, -0.1) is 12.2 Å². The highest BCUT2D eigenvalue weighted by Crippen LogP contribution is 2.20. The van der Waals surface area contributed by atoms with Gasteiger partial charge in [0.05, 0.1) is 0 Å². The second kappa shape index (κ2) is 6.49. The molecule has 0 radical (unpaired) electrons. The summed E-state index contributed by atoms with van der Waals surface area (Å²) in [7, 11) is 0. The zero-order valence-electron chi connectivity index (χ0n) is 10.5. The highest BCUT2D eigenvalue weighted by Gasteiger charge is 2.27. The number of carbonyl (C=O) groups excluding carboxylic acids is 1. The van der Waals surface area contributed by atoms with Crippen molar-refractivity contribution < 1.29 is 9.53 Å². The van der Waals surface area contributed by atoms with E-state index in [9.17, 15) is 4.79 Å². The third kappa shape index (κ3) is 3.97. The van der Waals surface area contributed by atoms with Crippen molar-refractivity contribution in [3.05, 3.63) is 54.3 Å². The minimum atomic E-state index is -1.05. The van der Waals surface area contributed by atoms with Gasteiger partial charge in [0.25, 0.3) is 0 Å². The molecule has 1 atom stereocenters. The molecule has 1 aromatic carbocycles. The summed E-state index contributed by atoms with van der Waals surface area (Å²) in [5.74, 6) is 2.11. The first kappa shape index (κ1) is 13.8. The maximum Gasteiger partial charge on any atom is 0.304 e. The predicted octanol–water partition coefficient (Wildman–Crippen LogP) is 2.90. The molecule has 0 fully saturated rings. The number of carbonyl (C=O) groups is 1. The molecule has 0 aliphatic heterocycles. The minimum Gasteiger partial charge on any atom is -0.442 e. The van der Waals surface area contributed by atoms with Gasteiger partial charge in [-0.3, -0.25) is 4.79 Å². The first-order valence-electron chi connectivity index (χ1n) is 5.70. The number of rotatable bonds is 5. The molecule has 0 saturated heterocycles. The summed E-state index contributed by atoms with van der Waals surface area (Å²) in [6, 6.07) is 9.89. The van der Waals surface area contributed by atoms with E-state index in [0.717, 1.165) is 12.0 Å². The van der Waals surface area contributed by atoms with Crippen LogP contribution in [0.25, 0.3) is 0 Å². The van der Waals surface area contributed by atoms with Crippen molar-refractivity contribution in [2.24, 2.45) is 0 Å². The molecule has 92 valence electrons. The summed E-state index contributed by atoms with van der Waals surface area (Å²) in [5.41, 5.74) is 2.69. The molecule has 0 bridgehead atoms. The van der Waals surface area contributed by atoms with Gasteiger partial charge >= 0.3 is 5.97 Å². The maximum absolute atomic E-state index is 11.1. The molecule has 0 heterocycles. The average molecular weight is 240 g/mol. The fourth-order valence-corrected chi connectivity index (χ4v) is 1.69. The fraction of sp³-hybridized carbons (Fsp3) is 0.250. The van der Waals surface area contributed by atoms with Crippen LogP contribution in [0, 0.1) is 12.3 Å². The van der Waals surface area contributed by atoms with E-state index in [0.29, 0.717) is 6.42 Å². The standard InChI is InChI=1S/C16H16O2/c1-4-12-16(5-2,18-14(3)17)13-11-15-9-7-6-8-10-15/h2,6-10,12H,1,11,13H2,3H3. The van der Waals surface area contributed by atoms with Gasteiger partial charge in [-0.25, -0.2) is 0 Å². The van der Waals surface area contributed by atoms with Crippen LogP contribution in [0.1, 0.15) is 18.9 Å². The van der Waals surface area contributed by atoms with Gasteiger partial charge in [-0.2, -0.15) is 0 Å². The predicted molar refractivity (Wildman–Crippen MR) is 71.8 cm³/mol. The monoisotopic (exact) mass is 240 g/mol. The number of benzene rings is 1. The van der Waals surface area contributed by atoms with Crippen molar-refractivity contribution in [1.82, 2.24) is 0 Å². The Hall–Kier alpha value is -2.23. The van der Waals surface area contributed by atoms with Gasteiger partial charge in [-0.1, -0.05) is 42.8 Å². The van der Waals surface area contributed by atoms with E-state index < -0.39 is 11.6 Å². The third-order valence-electron chi connectivity index (χ3n) is 2.53. The Labute approximate surface area is 108 Å². The van der Waals surface area contributed by atoms with Gasteiger partial charge in [0.1, 0.15) is 0 Å². The van der Waals surface area contributed by atoms with Crippen LogP contribution in [0.2, 0.25) is 0 Å². The van der Waals surface area contributed by atoms with Crippen molar-refractivity contribution in [2.75, 3.05) is 0 Å². The molecule has 0 aromatic heterocycles. The van der Waals surface area contributed by atoms with Crippen LogP contribution in [0.5, 0.6) is 0 Å². The van der Waals surface area contributed by atoms with Crippen molar-refractivity contribution in [3.8, 4) is 12.3 Å². The first-order chi connectivity index (χ1) is 8.62. The quantitative estimate of drug-likeness (QED) is 0.449. The third-order valence-corrected chi connectivity index (χ3v) is 2.53. The van der Waals surface area contributed by atoms with E-state index in [1.54, 1.807) is 0 Å². The molecule has 0 saturated carbocycles. The van der Waals surface area contributed by atoms with E-state index in [1.807, 2.05) is 30.3 Å². The summed E-state index contributed by atoms with van der Waals surface area (Å²) in [4.78, 5) is 11.1. The zero-order chi connectivity index (χ0) is 13.4. The van der Waals surface area contributed by atoms with E-state index in [4.69, 9.17) is 11.2 Å². The molecule has 1 aromatic rings. The van der Waals surface area contributed by atoms with E-state index >= 15 is 0 Å². The number of hydrogen-bond donors (Lipinski definition) is 0. The molecule has 0 aliphatic rings. The molecule has 1 rings (SSSR count). The van der Waals surface area contributed by atoms with Crippen LogP contribution in [0.4, 0.5) is 0 Å². The number of esters is 1. The van der Waals surface area contributed by atoms with Crippen LogP contribution >= 0.6 is 0 Å². The van der Waals surface area contributed by atoms with Crippen LogP contribution in [0.3, 0.4) is 0 Å². The molecule has 2 nitrogen and oxygen atoms in total. The lowest BCUT2D eigenvalue weighted by atomic mass is 9.95. The molecule has 18 heavy (non-hydrogen) atoms. The van der Waals surface area contributed by atoms with Gasteiger partial charge in [0.2, 0.25) is 0 Å². The molecule has 0 spiro atoms. The number of terminal acetylenes is 1. The fourth-order valence-electron chi connectivity index (χ4n) is 1.69. The van der Waals surface area contributed by atoms with Gasteiger partial charge in [0, 0.05) is 19.4 Å². The average Bonchev–Trinajstić information content (AvgIpc) is 2.37. The van der Waals surface area contributed by atoms with Crippen LogP contribution < -0.4 is 0 Å². The maximum atomic E-state index is 11.1. The Morgan fingerprint density at radius 2 is 2.17 bits per heavy atom. The molecule has 1 unspecified atom stereocenters. The molecule has 0 aliphatic carbocycles. The Bertz CT molecular complexity index is 490. The van der Waals surface area contributed by atoms with Gasteiger partial charge in [-0.05, 0) is 12.0 Å². The molecule has 0 amide bonds. The smallest absolute Gasteiger partial charge is 0.304 e. The lowest BCUT2D eigenvalue weighted by molar-refractivity contribution is -0.148. The summed E-state index contributed by atoms with van der Waals surface area (Å²) in [6.45, 7) is 4.83. The van der Waals surface area contributed by atoms with E-state index in [2.05, 4.69) is 18.2 Å². The SMILES string of the molecule is C#CC(C=C=C)(CCc1ccccc1)OC(C)=O. The summed E-state index contributed by atoms with van der Waals surface area (Å²) < 4.78 is 5.22. The Morgan fingerprint density at radius 1 is 1.50 bits per heavy atom. The number of ether oxygens (including phenoxy) is 1. The summed E-state index contributed by atoms with van der Waals surface area (Å²) in [6.07, 6.45) is 8.23. The van der Waals surface area contributed by atoms with Crippen LogP contribution in [0.15, 0.2) is 48.7 Å². The lowest BCUT2D eigenvalue weighted by Gasteiger charge is -2.23. The number of aryl methyl sites for hydroxylation is 1. The number of hydrogen-bond acceptors (Lipinski definition) is 2. The van der Waals surface area contributed by atoms with Gasteiger partial charge in [0.15, 0.2) is 5.60 Å². The van der Waals surface area contributed by atoms with E-state index in [1.165, 1.54) is 13.0 Å². The zero-order valence-corrected chi connectivity index (χ0v) is 10.5. The van der Waals surface area contributed by atoms with Gasteiger partial charge < -0.3 is 4.74 Å². The van der Waals surface area contributed by atoms with Crippen molar-refractivity contribution in [1.29, 1.82) is 0 Å². The lowest BCUT2D eigenvalue weighted by Crippen LogP contribution is -2.31. The van der Waals surface area contributed by atoms with Crippen molar-refractivity contribution in [3.63, 3.8) is 0 Å². The first-order valence-corrected chi connectivity index (χ1v) is 5.70. The highest BCUT2D eigenvalue weighted by atomic mass is 16.6. The Kier molecular flexibility index (Phi) is 4.99. The molecular weight excluding hydrogens is 224 g/mol. The summed E-state index contributed by atoms with van der Waals surface area (Å²) >= 11 is 0. The Balaban J connectivity index is 2.82. The topological polar surface area (TPSA) is 26.3 Å². The normalized spacial score (nSPS) is 12.7. The Morgan fingerprint density at radius 3 is 2.67 bits per heavy atom. The highest BCUT2D eigenvalue weighted by molar-refractivity contribution is 5.67. The molecular formula is C16H16O2. The van der Waals surface area contributed by atoms with E-state index in [-0.39, 0.29) is 0 Å². The van der Waals surface area contributed by atoms with Crippen molar-refractivity contribution >= 4 is 5.97 Å². The second-order valence-corrected chi connectivity index (χ2v) is 3.96. The largest absolute Gasteiger partial charge is 0.442 e. The molecule has 2 heteroatoms.